The van der Waals surface area contributed by atoms with Crippen LogP contribution in [0.15, 0.2) is 29.5 Å². The minimum atomic E-state index is 0.540. The van der Waals surface area contributed by atoms with Gasteiger partial charge in [-0.05, 0) is 44.1 Å². The van der Waals surface area contributed by atoms with E-state index in [1.807, 2.05) is 25.1 Å². The van der Waals surface area contributed by atoms with Crippen molar-refractivity contribution in [3.63, 3.8) is 0 Å². The second-order valence-electron chi connectivity index (χ2n) is 5.59. The minimum Gasteiger partial charge on any atom is -0.348 e. The third kappa shape index (κ3) is 4.77. The van der Waals surface area contributed by atoms with Crippen LogP contribution in [0.25, 0.3) is 0 Å². The van der Waals surface area contributed by atoms with Crippen molar-refractivity contribution in [2.24, 2.45) is 5.10 Å². The first-order valence-electron chi connectivity index (χ1n) is 7.67. The van der Waals surface area contributed by atoms with Crippen LogP contribution in [0, 0.1) is 0 Å². The molecule has 0 radical (unpaired) electrons. The summed E-state index contributed by atoms with van der Waals surface area (Å²) < 4.78 is 0. The van der Waals surface area contributed by atoms with E-state index >= 15 is 0 Å². The molecule has 0 unspecified atom stereocenters. The van der Waals surface area contributed by atoms with E-state index in [0.29, 0.717) is 11.2 Å². The summed E-state index contributed by atoms with van der Waals surface area (Å²) in [6, 6.07) is 6.34. The third-order valence-corrected chi connectivity index (χ3v) is 4.43. The molecule has 1 N–H and O–H groups in total. The molecule has 4 nitrogen and oxygen atoms in total. The Balaban J connectivity index is 1.91. The standard InChI is InChI=1S/C16H24N4S/c1-13(15-11-7-8-12-17-15)18-19-16(21)20(2)14-9-5-3-4-6-10-14/h7-8,11-12,14H,3-6,9-10H2,1-2H3,(H,19,21)/b18-13+. The summed E-state index contributed by atoms with van der Waals surface area (Å²) >= 11 is 5.46. The van der Waals surface area contributed by atoms with E-state index in [9.17, 15) is 0 Å². The molecule has 0 saturated heterocycles. The van der Waals surface area contributed by atoms with E-state index in [1.165, 1.54) is 38.5 Å². The molecule has 114 valence electrons. The van der Waals surface area contributed by atoms with Crippen molar-refractivity contribution in [1.82, 2.24) is 15.3 Å². The zero-order valence-corrected chi connectivity index (χ0v) is 13.7. The van der Waals surface area contributed by atoms with Crippen LogP contribution in [0.5, 0.6) is 0 Å². The van der Waals surface area contributed by atoms with E-state index in [1.54, 1.807) is 6.20 Å². The Labute approximate surface area is 132 Å². The second-order valence-corrected chi connectivity index (χ2v) is 5.97. The Morgan fingerprint density at radius 3 is 2.62 bits per heavy atom. The summed E-state index contributed by atoms with van der Waals surface area (Å²) in [5.74, 6) is 0. The molecule has 1 saturated carbocycles. The number of hydrogen-bond donors (Lipinski definition) is 1. The predicted octanol–water partition coefficient (Wildman–Crippen LogP) is 3.33. The van der Waals surface area contributed by atoms with Gasteiger partial charge in [0.1, 0.15) is 0 Å². The molecule has 1 fully saturated rings. The van der Waals surface area contributed by atoms with Gasteiger partial charge < -0.3 is 4.90 Å². The van der Waals surface area contributed by atoms with Gasteiger partial charge in [0.15, 0.2) is 5.11 Å². The smallest absolute Gasteiger partial charge is 0.189 e. The quantitative estimate of drug-likeness (QED) is 0.402. The van der Waals surface area contributed by atoms with Gasteiger partial charge in [-0.1, -0.05) is 31.7 Å². The average Bonchev–Trinajstić information content (AvgIpc) is 2.81. The first-order chi connectivity index (χ1) is 10.2. The summed E-state index contributed by atoms with van der Waals surface area (Å²) in [5, 5.41) is 5.05. The van der Waals surface area contributed by atoms with E-state index in [-0.39, 0.29) is 0 Å². The molecule has 1 heterocycles. The highest BCUT2D eigenvalue weighted by atomic mass is 32.1. The highest BCUT2D eigenvalue weighted by molar-refractivity contribution is 7.80. The molecule has 0 amide bonds. The van der Waals surface area contributed by atoms with Crippen LogP contribution in [0.4, 0.5) is 0 Å². The lowest BCUT2D eigenvalue weighted by atomic mass is 10.1. The van der Waals surface area contributed by atoms with Crippen molar-refractivity contribution in [3.8, 4) is 0 Å². The van der Waals surface area contributed by atoms with Crippen LogP contribution >= 0.6 is 12.2 Å². The number of hydrogen-bond acceptors (Lipinski definition) is 3. The first kappa shape index (κ1) is 15.9. The SMILES string of the molecule is C/C(=N\NC(=S)N(C)C1CCCCCC1)c1ccccn1. The van der Waals surface area contributed by atoms with Gasteiger partial charge in [-0.2, -0.15) is 5.10 Å². The van der Waals surface area contributed by atoms with Crippen molar-refractivity contribution in [2.45, 2.75) is 51.5 Å². The van der Waals surface area contributed by atoms with Crippen LogP contribution in [-0.2, 0) is 0 Å². The lowest BCUT2D eigenvalue weighted by Crippen LogP contribution is -2.41. The third-order valence-electron chi connectivity index (χ3n) is 4.05. The first-order valence-corrected chi connectivity index (χ1v) is 8.08. The van der Waals surface area contributed by atoms with Crippen LogP contribution in [0.3, 0.4) is 0 Å². The number of nitrogens with zero attached hydrogens (tertiary/aromatic N) is 3. The highest BCUT2D eigenvalue weighted by Crippen LogP contribution is 2.21. The largest absolute Gasteiger partial charge is 0.348 e. The maximum Gasteiger partial charge on any atom is 0.189 e. The maximum atomic E-state index is 5.46. The fourth-order valence-electron chi connectivity index (χ4n) is 2.66. The van der Waals surface area contributed by atoms with Crippen molar-refractivity contribution in [1.29, 1.82) is 0 Å². The van der Waals surface area contributed by atoms with Gasteiger partial charge >= 0.3 is 0 Å². The van der Waals surface area contributed by atoms with E-state index in [0.717, 1.165) is 11.4 Å². The highest BCUT2D eigenvalue weighted by Gasteiger charge is 2.18. The monoisotopic (exact) mass is 304 g/mol. The summed E-state index contributed by atoms with van der Waals surface area (Å²) in [4.78, 5) is 6.44. The minimum absolute atomic E-state index is 0.540. The molecule has 5 heteroatoms. The van der Waals surface area contributed by atoms with Crippen LogP contribution in [-0.4, -0.2) is 33.8 Å². The Morgan fingerprint density at radius 2 is 2.00 bits per heavy atom. The number of thiocarbonyl (C=S) groups is 1. The molecule has 1 aromatic heterocycles. The molecule has 0 aliphatic heterocycles. The molecule has 1 aliphatic carbocycles. The fraction of sp³-hybridized carbons (Fsp3) is 0.562. The number of hydrazone groups is 1. The molecule has 0 bridgehead atoms. The van der Waals surface area contributed by atoms with Crippen LogP contribution in [0.1, 0.15) is 51.1 Å². The Hall–Kier alpha value is -1.49. The molecule has 0 spiro atoms. The van der Waals surface area contributed by atoms with E-state index < -0.39 is 0 Å². The van der Waals surface area contributed by atoms with Gasteiger partial charge in [-0.3, -0.25) is 10.4 Å². The number of aromatic nitrogens is 1. The van der Waals surface area contributed by atoms with Crippen molar-refractivity contribution >= 4 is 23.0 Å². The Morgan fingerprint density at radius 1 is 1.29 bits per heavy atom. The normalized spacial score (nSPS) is 17.1. The molecule has 1 aromatic rings. The van der Waals surface area contributed by atoms with Crippen LogP contribution < -0.4 is 5.43 Å². The van der Waals surface area contributed by atoms with Gasteiger partial charge in [0.25, 0.3) is 0 Å². The zero-order chi connectivity index (χ0) is 15.1. The molecule has 2 rings (SSSR count). The van der Waals surface area contributed by atoms with Gasteiger partial charge in [0.05, 0.1) is 11.4 Å². The van der Waals surface area contributed by atoms with Crippen molar-refractivity contribution < 1.29 is 0 Å². The Bertz CT molecular complexity index is 478. The number of pyridine rings is 1. The van der Waals surface area contributed by atoms with Crippen molar-refractivity contribution in [3.05, 3.63) is 30.1 Å². The molecule has 0 atom stereocenters. The zero-order valence-electron chi connectivity index (χ0n) is 12.9. The van der Waals surface area contributed by atoms with Gasteiger partial charge in [0.2, 0.25) is 0 Å². The van der Waals surface area contributed by atoms with Crippen LogP contribution in [0.2, 0.25) is 0 Å². The number of nitrogens with one attached hydrogen (secondary N) is 1. The predicted molar refractivity (Wildman–Crippen MR) is 91.4 cm³/mol. The molecular weight excluding hydrogens is 280 g/mol. The lowest BCUT2D eigenvalue weighted by molar-refractivity contribution is 0.327. The summed E-state index contributed by atoms with van der Waals surface area (Å²) in [5.41, 5.74) is 4.71. The molecular formula is C16H24N4S. The number of rotatable bonds is 3. The lowest BCUT2D eigenvalue weighted by Gasteiger charge is -2.28. The fourth-order valence-corrected chi connectivity index (χ4v) is 2.85. The molecule has 0 aromatic carbocycles. The van der Waals surface area contributed by atoms with Gasteiger partial charge in [0, 0.05) is 19.3 Å². The van der Waals surface area contributed by atoms with Crippen molar-refractivity contribution in [2.75, 3.05) is 7.05 Å². The molecule has 1 aliphatic rings. The second kappa shape index (κ2) is 8.08. The maximum absolute atomic E-state index is 5.46. The van der Waals surface area contributed by atoms with E-state index in [4.69, 9.17) is 12.2 Å². The summed E-state index contributed by atoms with van der Waals surface area (Å²) in [7, 11) is 2.07. The average molecular weight is 304 g/mol. The van der Waals surface area contributed by atoms with E-state index in [2.05, 4.69) is 27.5 Å². The molecule has 21 heavy (non-hydrogen) atoms. The Kier molecular flexibility index (Phi) is 6.11. The summed E-state index contributed by atoms with van der Waals surface area (Å²) in [6.45, 7) is 1.93. The topological polar surface area (TPSA) is 40.5 Å². The summed E-state index contributed by atoms with van der Waals surface area (Å²) in [6.07, 6.45) is 9.51. The van der Waals surface area contributed by atoms with Gasteiger partial charge in [-0.25, -0.2) is 0 Å². The van der Waals surface area contributed by atoms with Gasteiger partial charge in [-0.15, -0.1) is 0 Å².